The number of aromatic nitrogens is 2. The van der Waals surface area contributed by atoms with Gasteiger partial charge in [0.05, 0.1) is 5.69 Å². The fraction of sp³-hybridized carbons (Fsp3) is 0.733. The van der Waals surface area contributed by atoms with E-state index in [9.17, 15) is 0 Å². The molecular formula is C15H28N4OS. The van der Waals surface area contributed by atoms with E-state index in [4.69, 9.17) is 17.0 Å². The van der Waals surface area contributed by atoms with E-state index in [0.29, 0.717) is 0 Å². The summed E-state index contributed by atoms with van der Waals surface area (Å²) in [4.78, 5) is 2.06. The van der Waals surface area contributed by atoms with Crippen molar-refractivity contribution < 1.29 is 4.74 Å². The van der Waals surface area contributed by atoms with Crippen LogP contribution in [0.4, 0.5) is 0 Å². The van der Waals surface area contributed by atoms with Gasteiger partial charge in [0.25, 0.3) is 0 Å². The Hall–Kier alpha value is -1.14. The van der Waals surface area contributed by atoms with Crippen molar-refractivity contribution in [3.8, 4) is 0 Å². The lowest BCUT2D eigenvalue weighted by Gasteiger charge is -2.21. The van der Waals surface area contributed by atoms with Gasteiger partial charge in [-0.15, -0.1) is 0 Å². The van der Waals surface area contributed by atoms with E-state index in [1.54, 1.807) is 0 Å². The van der Waals surface area contributed by atoms with Gasteiger partial charge in [0.2, 0.25) is 0 Å². The summed E-state index contributed by atoms with van der Waals surface area (Å²) in [6.45, 7) is 12.4. The number of ether oxygens (including phenoxy) is 1. The number of hydrogen-bond donors (Lipinski definition) is 1. The Bertz CT molecular complexity index is 459. The Kier molecular flexibility index (Phi) is 7.67. The molecule has 0 spiro atoms. The highest BCUT2D eigenvalue weighted by atomic mass is 32.1. The minimum Gasteiger partial charge on any atom is -0.382 e. The monoisotopic (exact) mass is 312 g/mol. The lowest BCUT2D eigenvalue weighted by atomic mass is 10.2. The SMILES string of the molecule is CCOCCCNC(=S)N(C)Cc1c(C)nn(CC)c1C. The molecule has 1 aromatic rings. The van der Waals surface area contributed by atoms with Gasteiger partial charge in [0.1, 0.15) is 0 Å². The summed E-state index contributed by atoms with van der Waals surface area (Å²) in [5, 5.41) is 8.59. The van der Waals surface area contributed by atoms with Crippen LogP contribution in [-0.4, -0.2) is 46.6 Å². The molecule has 0 aliphatic heterocycles. The first-order valence-corrected chi connectivity index (χ1v) is 8.01. The van der Waals surface area contributed by atoms with Crippen LogP contribution >= 0.6 is 12.2 Å². The van der Waals surface area contributed by atoms with Gasteiger partial charge in [0.15, 0.2) is 5.11 Å². The van der Waals surface area contributed by atoms with Crippen molar-refractivity contribution in [3.63, 3.8) is 0 Å². The lowest BCUT2D eigenvalue weighted by molar-refractivity contribution is 0.145. The second-order valence-electron chi connectivity index (χ2n) is 5.10. The molecule has 0 aliphatic carbocycles. The second kappa shape index (κ2) is 9.00. The van der Waals surface area contributed by atoms with Gasteiger partial charge in [0, 0.05) is 51.2 Å². The standard InChI is InChI=1S/C15H28N4OS/c1-6-19-13(4)14(12(3)17-19)11-18(5)15(21)16-9-8-10-20-7-2/h6-11H2,1-5H3,(H,16,21). The summed E-state index contributed by atoms with van der Waals surface area (Å²) in [6.07, 6.45) is 0.966. The summed E-state index contributed by atoms with van der Waals surface area (Å²) in [5.74, 6) is 0. The van der Waals surface area contributed by atoms with Crippen LogP contribution in [0.5, 0.6) is 0 Å². The first-order valence-electron chi connectivity index (χ1n) is 7.60. The molecule has 0 atom stereocenters. The highest BCUT2D eigenvalue weighted by Gasteiger charge is 2.13. The highest BCUT2D eigenvalue weighted by Crippen LogP contribution is 2.15. The van der Waals surface area contributed by atoms with Gasteiger partial charge in [-0.2, -0.15) is 5.10 Å². The number of aryl methyl sites for hydroxylation is 2. The minimum atomic E-state index is 0.768. The average Bonchev–Trinajstić information content (AvgIpc) is 2.74. The van der Waals surface area contributed by atoms with Crippen LogP contribution in [0.1, 0.15) is 37.2 Å². The molecule has 0 amide bonds. The largest absolute Gasteiger partial charge is 0.382 e. The van der Waals surface area contributed by atoms with E-state index in [1.807, 2.05) is 18.7 Å². The van der Waals surface area contributed by atoms with Crippen molar-refractivity contribution in [1.29, 1.82) is 0 Å². The van der Waals surface area contributed by atoms with Crippen molar-refractivity contribution in [3.05, 3.63) is 17.0 Å². The summed E-state index contributed by atoms with van der Waals surface area (Å²) in [7, 11) is 2.01. The van der Waals surface area contributed by atoms with Crippen molar-refractivity contribution >= 4 is 17.3 Å². The zero-order valence-corrected chi connectivity index (χ0v) is 14.7. The molecule has 0 saturated carbocycles. The van der Waals surface area contributed by atoms with Gasteiger partial charge in [-0.3, -0.25) is 4.68 Å². The Morgan fingerprint density at radius 3 is 2.67 bits per heavy atom. The van der Waals surface area contributed by atoms with Crippen molar-refractivity contribution in [2.75, 3.05) is 26.8 Å². The molecule has 1 heterocycles. The predicted octanol–water partition coefficient (Wildman–Crippen LogP) is 2.25. The molecule has 0 aromatic carbocycles. The van der Waals surface area contributed by atoms with Gasteiger partial charge in [-0.05, 0) is 46.3 Å². The molecule has 21 heavy (non-hydrogen) atoms. The van der Waals surface area contributed by atoms with E-state index in [2.05, 4.69) is 36.1 Å². The van der Waals surface area contributed by atoms with Crippen molar-refractivity contribution in [1.82, 2.24) is 20.0 Å². The zero-order chi connectivity index (χ0) is 15.8. The summed E-state index contributed by atoms with van der Waals surface area (Å²) >= 11 is 5.42. The quantitative estimate of drug-likeness (QED) is 0.589. The maximum absolute atomic E-state index is 5.42. The highest BCUT2D eigenvalue weighted by molar-refractivity contribution is 7.80. The third-order valence-corrected chi connectivity index (χ3v) is 3.97. The van der Waals surface area contributed by atoms with Gasteiger partial charge in [-0.1, -0.05) is 0 Å². The molecule has 0 aliphatic rings. The van der Waals surface area contributed by atoms with Crippen LogP contribution in [0, 0.1) is 13.8 Å². The fourth-order valence-corrected chi connectivity index (χ4v) is 2.40. The van der Waals surface area contributed by atoms with E-state index in [-0.39, 0.29) is 0 Å². The van der Waals surface area contributed by atoms with E-state index < -0.39 is 0 Å². The molecule has 5 nitrogen and oxygen atoms in total. The van der Waals surface area contributed by atoms with Crippen LogP contribution in [-0.2, 0) is 17.8 Å². The maximum Gasteiger partial charge on any atom is 0.168 e. The van der Waals surface area contributed by atoms with Crippen LogP contribution in [0.3, 0.4) is 0 Å². The Labute approximate surface area is 133 Å². The third kappa shape index (κ3) is 5.28. The number of nitrogens with zero attached hydrogens (tertiary/aromatic N) is 3. The lowest BCUT2D eigenvalue weighted by Crippen LogP contribution is -2.37. The van der Waals surface area contributed by atoms with E-state index >= 15 is 0 Å². The molecule has 0 radical (unpaired) electrons. The normalized spacial score (nSPS) is 10.7. The molecule has 0 fully saturated rings. The minimum absolute atomic E-state index is 0.768. The molecule has 6 heteroatoms. The maximum atomic E-state index is 5.42. The molecule has 0 saturated heterocycles. The van der Waals surface area contributed by atoms with Crippen LogP contribution in [0.15, 0.2) is 0 Å². The molecule has 1 aromatic heterocycles. The second-order valence-corrected chi connectivity index (χ2v) is 5.49. The van der Waals surface area contributed by atoms with Gasteiger partial charge in [-0.25, -0.2) is 0 Å². The molecular weight excluding hydrogens is 284 g/mol. The summed E-state index contributed by atoms with van der Waals surface area (Å²) in [6, 6.07) is 0. The first-order chi connectivity index (χ1) is 10.0. The summed E-state index contributed by atoms with van der Waals surface area (Å²) < 4.78 is 7.35. The van der Waals surface area contributed by atoms with E-state index in [1.165, 1.54) is 11.3 Å². The van der Waals surface area contributed by atoms with Crippen LogP contribution in [0.2, 0.25) is 0 Å². The number of thiocarbonyl (C=S) groups is 1. The zero-order valence-electron chi connectivity index (χ0n) is 13.9. The van der Waals surface area contributed by atoms with Crippen molar-refractivity contribution in [2.24, 2.45) is 0 Å². The number of hydrogen-bond acceptors (Lipinski definition) is 3. The van der Waals surface area contributed by atoms with Crippen LogP contribution < -0.4 is 5.32 Å². The Morgan fingerprint density at radius 1 is 1.38 bits per heavy atom. The number of nitrogens with one attached hydrogen (secondary N) is 1. The first kappa shape index (κ1) is 17.9. The average molecular weight is 312 g/mol. The molecule has 0 bridgehead atoms. The molecule has 0 unspecified atom stereocenters. The van der Waals surface area contributed by atoms with Crippen molar-refractivity contribution in [2.45, 2.75) is 47.2 Å². The predicted molar refractivity (Wildman–Crippen MR) is 90.6 cm³/mol. The van der Waals surface area contributed by atoms with Crippen LogP contribution in [0.25, 0.3) is 0 Å². The van der Waals surface area contributed by atoms with E-state index in [0.717, 1.165) is 50.1 Å². The van der Waals surface area contributed by atoms with Gasteiger partial charge >= 0.3 is 0 Å². The van der Waals surface area contributed by atoms with Gasteiger partial charge < -0.3 is 15.0 Å². The molecule has 1 rings (SSSR count). The smallest absolute Gasteiger partial charge is 0.168 e. The Morgan fingerprint density at radius 2 is 2.10 bits per heavy atom. The fourth-order valence-electron chi connectivity index (χ4n) is 2.23. The molecule has 1 N–H and O–H groups in total. The summed E-state index contributed by atoms with van der Waals surface area (Å²) in [5.41, 5.74) is 3.57. The molecule has 120 valence electrons. The topological polar surface area (TPSA) is 42.3 Å². The Balaban J connectivity index is 2.47. The third-order valence-electron chi connectivity index (χ3n) is 3.52. The number of rotatable bonds is 8.